The van der Waals surface area contributed by atoms with Gasteiger partial charge in [-0.25, -0.2) is 0 Å². The first-order valence-electron chi connectivity index (χ1n) is 9.71. The minimum absolute atomic E-state index is 0.130. The van der Waals surface area contributed by atoms with Crippen molar-refractivity contribution >= 4 is 34.8 Å². The number of nitrogens with one attached hydrogen (secondary N) is 2. The van der Waals surface area contributed by atoms with E-state index in [2.05, 4.69) is 32.7 Å². The lowest BCUT2D eigenvalue weighted by Crippen LogP contribution is -2.41. The average molecular weight is 421 g/mol. The van der Waals surface area contributed by atoms with Crippen molar-refractivity contribution in [3.8, 4) is 0 Å². The highest BCUT2D eigenvalue weighted by Gasteiger charge is 2.28. The van der Waals surface area contributed by atoms with E-state index in [9.17, 15) is 9.59 Å². The van der Waals surface area contributed by atoms with Gasteiger partial charge >= 0.3 is 11.8 Å². The number of benzene rings is 2. The smallest absolute Gasteiger partial charge is 0.313 e. The van der Waals surface area contributed by atoms with Gasteiger partial charge in [0.05, 0.1) is 6.04 Å². The first-order chi connectivity index (χ1) is 14.6. The van der Waals surface area contributed by atoms with E-state index in [1.165, 1.54) is 5.56 Å². The van der Waals surface area contributed by atoms with Gasteiger partial charge in [-0.1, -0.05) is 35.9 Å². The van der Waals surface area contributed by atoms with E-state index in [1.54, 1.807) is 36.7 Å². The number of nitrogens with zero attached hydrogens (tertiary/aromatic N) is 2. The molecule has 0 spiro atoms. The Hall–Kier alpha value is -3.38. The molecule has 1 aliphatic heterocycles. The summed E-state index contributed by atoms with van der Waals surface area (Å²) in [6.07, 6.45) is 4.46. The molecule has 1 atom stereocenters. The zero-order valence-electron chi connectivity index (χ0n) is 16.2. The van der Waals surface area contributed by atoms with E-state index in [0.29, 0.717) is 10.7 Å². The van der Waals surface area contributed by atoms with E-state index < -0.39 is 11.8 Å². The molecule has 0 radical (unpaired) electrons. The van der Waals surface area contributed by atoms with Crippen LogP contribution in [0.25, 0.3) is 0 Å². The second-order valence-corrected chi connectivity index (χ2v) is 7.48. The summed E-state index contributed by atoms with van der Waals surface area (Å²) in [4.78, 5) is 31.2. The number of aromatic nitrogens is 1. The Morgan fingerprint density at radius 3 is 2.60 bits per heavy atom. The zero-order valence-corrected chi connectivity index (χ0v) is 17.0. The molecule has 0 aliphatic carbocycles. The van der Waals surface area contributed by atoms with Crippen LogP contribution in [0.15, 0.2) is 73.1 Å². The summed E-state index contributed by atoms with van der Waals surface area (Å²) in [6.45, 7) is 1.12. The molecule has 1 unspecified atom stereocenters. The van der Waals surface area contributed by atoms with Crippen molar-refractivity contribution in [1.29, 1.82) is 0 Å². The molecule has 1 aromatic heterocycles. The standard InChI is InChI=1S/C23H21ClN4O2/c24-18-7-9-19(10-8-18)27-23(30)22(29)26-15-21(17-5-3-12-25-14-17)28-13-11-16-4-1-2-6-20(16)28/h1-10,12,14,21H,11,13,15H2,(H,26,29)(H,27,30). The van der Waals surface area contributed by atoms with Gasteiger partial charge in [-0.3, -0.25) is 14.6 Å². The Labute approximate surface area is 179 Å². The Balaban J connectivity index is 1.47. The Kier molecular flexibility index (Phi) is 5.95. The first-order valence-corrected chi connectivity index (χ1v) is 10.1. The Bertz CT molecular complexity index is 1040. The molecule has 6 nitrogen and oxygen atoms in total. The van der Waals surface area contributed by atoms with Crippen LogP contribution in [0.3, 0.4) is 0 Å². The number of anilines is 2. The third-order valence-corrected chi connectivity index (χ3v) is 5.38. The van der Waals surface area contributed by atoms with Crippen LogP contribution in [0.5, 0.6) is 0 Å². The minimum Gasteiger partial charge on any atom is -0.362 e. The number of fused-ring (bicyclic) bond motifs is 1. The number of para-hydroxylation sites is 1. The van der Waals surface area contributed by atoms with Crippen molar-refractivity contribution in [3.05, 3.63) is 89.2 Å². The molecule has 2 aromatic carbocycles. The Morgan fingerprint density at radius 2 is 1.83 bits per heavy atom. The van der Waals surface area contributed by atoms with Crippen LogP contribution in [0.2, 0.25) is 5.02 Å². The SMILES string of the molecule is O=C(NCC(c1cccnc1)N1CCc2ccccc21)C(=O)Nc1ccc(Cl)cc1. The normalized spacial score (nSPS) is 13.4. The maximum atomic E-state index is 12.4. The van der Waals surface area contributed by atoms with Gasteiger partial charge in [-0.15, -0.1) is 0 Å². The molecule has 7 heteroatoms. The van der Waals surface area contributed by atoms with Crippen LogP contribution in [0.4, 0.5) is 11.4 Å². The first kappa shape index (κ1) is 19.9. The zero-order chi connectivity index (χ0) is 20.9. The summed E-state index contributed by atoms with van der Waals surface area (Å²) in [5.41, 5.74) is 3.91. The highest BCUT2D eigenvalue weighted by molar-refractivity contribution is 6.39. The predicted molar refractivity (Wildman–Crippen MR) is 118 cm³/mol. The molecule has 152 valence electrons. The maximum absolute atomic E-state index is 12.4. The van der Waals surface area contributed by atoms with Gasteiger partial charge in [0, 0.05) is 41.9 Å². The minimum atomic E-state index is -0.718. The predicted octanol–water partition coefficient (Wildman–Crippen LogP) is 3.59. The molecular weight excluding hydrogens is 400 g/mol. The highest BCUT2D eigenvalue weighted by atomic mass is 35.5. The molecule has 2 amide bonds. The van der Waals surface area contributed by atoms with Crippen LogP contribution < -0.4 is 15.5 Å². The highest BCUT2D eigenvalue weighted by Crippen LogP contribution is 2.34. The van der Waals surface area contributed by atoms with Crippen LogP contribution in [0, 0.1) is 0 Å². The van der Waals surface area contributed by atoms with Crippen molar-refractivity contribution in [1.82, 2.24) is 10.3 Å². The Morgan fingerprint density at radius 1 is 1.03 bits per heavy atom. The fourth-order valence-electron chi connectivity index (χ4n) is 3.66. The summed E-state index contributed by atoms with van der Waals surface area (Å²) in [5, 5.41) is 5.91. The van der Waals surface area contributed by atoms with E-state index >= 15 is 0 Å². The molecule has 0 saturated carbocycles. The lowest BCUT2D eigenvalue weighted by molar-refractivity contribution is -0.136. The molecule has 2 N–H and O–H groups in total. The lowest BCUT2D eigenvalue weighted by Gasteiger charge is -2.30. The molecule has 0 bridgehead atoms. The maximum Gasteiger partial charge on any atom is 0.313 e. The molecule has 2 heterocycles. The summed E-state index contributed by atoms with van der Waals surface area (Å²) in [7, 11) is 0. The summed E-state index contributed by atoms with van der Waals surface area (Å²) in [5.74, 6) is -1.41. The van der Waals surface area contributed by atoms with Crippen molar-refractivity contribution in [3.63, 3.8) is 0 Å². The van der Waals surface area contributed by atoms with Crippen molar-refractivity contribution in [2.45, 2.75) is 12.5 Å². The summed E-state index contributed by atoms with van der Waals surface area (Å²) < 4.78 is 0. The quantitative estimate of drug-likeness (QED) is 0.618. The number of rotatable bonds is 5. The molecule has 3 aromatic rings. The van der Waals surface area contributed by atoms with Crippen LogP contribution >= 0.6 is 11.6 Å². The van der Waals surface area contributed by atoms with E-state index in [-0.39, 0.29) is 12.6 Å². The van der Waals surface area contributed by atoms with Gasteiger partial charge in [0.2, 0.25) is 0 Å². The number of carbonyl (C=O) groups excluding carboxylic acids is 2. The second kappa shape index (κ2) is 8.97. The number of hydrogen-bond donors (Lipinski definition) is 2. The van der Waals surface area contributed by atoms with E-state index in [4.69, 9.17) is 11.6 Å². The van der Waals surface area contributed by atoms with Gasteiger partial charge in [-0.05, 0) is 53.9 Å². The van der Waals surface area contributed by atoms with Gasteiger partial charge in [0.15, 0.2) is 0 Å². The van der Waals surface area contributed by atoms with Crippen LogP contribution in [-0.4, -0.2) is 29.9 Å². The summed E-state index contributed by atoms with van der Waals surface area (Å²) in [6, 6.07) is 18.6. The number of hydrogen-bond acceptors (Lipinski definition) is 4. The van der Waals surface area contributed by atoms with Crippen molar-refractivity contribution < 1.29 is 9.59 Å². The molecular formula is C23H21ClN4O2. The molecule has 30 heavy (non-hydrogen) atoms. The topological polar surface area (TPSA) is 74.3 Å². The van der Waals surface area contributed by atoms with Gasteiger partial charge in [0.25, 0.3) is 0 Å². The largest absolute Gasteiger partial charge is 0.362 e. The number of pyridine rings is 1. The number of halogens is 1. The van der Waals surface area contributed by atoms with Gasteiger partial charge < -0.3 is 15.5 Å². The third-order valence-electron chi connectivity index (χ3n) is 5.13. The van der Waals surface area contributed by atoms with Crippen molar-refractivity contribution in [2.24, 2.45) is 0 Å². The monoisotopic (exact) mass is 420 g/mol. The van der Waals surface area contributed by atoms with Gasteiger partial charge in [-0.2, -0.15) is 0 Å². The van der Waals surface area contributed by atoms with Crippen LogP contribution in [0.1, 0.15) is 17.2 Å². The molecule has 0 fully saturated rings. The number of carbonyl (C=O) groups is 2. The van der Waals surface area contributed by atoms with E-state index in [1.807, 2.05) is 24.3 Å². The lowest BCUT2D eigenvalue weighted by atomic mass is 10.1. The van der Waals surface area contributed by atoms with E-state index in [0.717, 1.165) is 24.2 Å². The molecule has 4 rings (SSSR count). The van der Waals surface area contributed by atoms with Crippen molar-refractivity contribution in [2.75, 3.05) is 23.3 Å². The molecule has 1 aliphatic rings. The third kappa shape index (κ3) is 4.44. The second-order valence-electron chi connectivity index (χ2n) is 7.05. The van der Waals surface area contributed by atoms with Crippen LogP contribution in [-0.2, 0) is 16.0 Å². The summed E-state index contributed by atoms with van der Waals surface area (Å²) >= 11 is 5.85. The fraction of sp³-hybridized carbons (Fsp3) is 0.174. The molecule has 0 saturated heterocycles. The van der Waals surface area contributed by atoms with Gasteiger partial charge in [0.1, 0.15) is 0 Å². The average Bonchev–Trinajstić information content (AvgIpc) is 3.20. The fourth-order valence-corrected chi connectivity index (χ4v) is 3.79. The number of amides is 2.